The molecular weight excluding hydrogens is 308 g/mol. The molecule has 0 atom stereocenters. The van der Waals surface area contributed by atoms with Crippen LogP contribution in [0.15, 0.2) is 59.4 Å². The molecule has 0 saturated carbocycles. The first kappa shape index (κ1) is 15.1. The molecule has 0 radical (unpaired) electrons. The number of H-pyrrole nitrogens is 1. The molecule has 0 aliphatic heterocycles. The molecule has 0 aliphatic rings. The number of aromatic amines is 1. The highest BCUT2D eigenvalue weighted by atomic mass is 32.1. The highest BCUT2D eigenvalue weighted by Crippen LogP contribution is 2.22. The Balaban J connectivity index is 1.79. The third-order valence-corrected chi connectivity index (χ3v) is 3.62. The van der Waals surface area contributed by atoms with Crippen LogP contribution in [0.25, 0.3) is 10.9 Å². The average Bonchev–Trinajstić information content (AvgIpc) is 2.53. The van der Waals surface area contributed by atoms with Crippen LogP contribution >= 0.6 is 12.2 Å². The minimum absolute atomic E-state index is 0.172. The van der Waals surface area contributed by atoms with Gasteiger partial charge in [-0.1, -0.05) is 30.3 Å². The van der Waals surface area contributed by atoms with Crippen LogP contribution < -0.4 is 21.7 Å². The first-order chi connectivity index (χ1) is 11.1. The number of benzene rings is 2. The van der Waals surface area contributed by atoms with E-state index in [-0.39, 0.29) is 5.56 Å². The quantitative estimate of drug-likeness (QED) is 0.440. The Bertz CT molecular complexity index is 905. The number of hydrogen-bond acceptors (Lipinski definition) is 3. The minimum atomic E-state index is -0.172. The summed E-state index contributed by atoms with van der Waals surface area (Å²) >= 11 is 5.25. The zero-order valence-electron chi connectivity index (χ0n) is 12.5. The van der Waals surface area contributed by atoms with Crippen molar-refractivity contribution in [2.24, 2.45) is 0 Å². The van der Waals surface area contributed by atoms with Gasteiger partial charge in [0.25, 0.3) is 5.56 Å². The number of thiocarbonyl (C=S) groups is 1. The van der Waals surface area contributed by atoms with Gasteiger partial charge in [-0.25, -0.2) is 0 Å². The molecule has 4 N–H and O–H groups in total. The second-order valence-corrected chi connectivity index (χ2v) is 5.52. The Morgan fingerprint density at radius 1 is 1.09 bits per heavy atom. The molecule has 3 aromatic rings. The maximum atomic E-state index is 11.8. The van der Waals surface area contributed by atoms with Gasteiger partial charge in [0.2, 0.25) is 0 Å². The molecule has 3 rings (SSSR count). The molecule has 116 valence electrons. The summed E-state index contributed by atoms with van der Waals surface area (Å²) in [6, 6.07) is 16.9. The topological polar surface area (TPSA) is 69.0 Å². The van der Waals surface area contributed by atoms with E-state index in [9.17, 15) is 4.79 Å². The molecular formula is C17H16N4OS. The highest BCUT2D eigenvalue weighted by Gasteiger charge is 2.06. The van der Waals surface area contributed by atoms with Crippen molar-refractivity contribution >= 4 is 39.6 Å². The molecule has 1 heterocycles. The molecule has 0 bridgehead atoms. The van der Waals surface area contributed by atoms with Crippen LogP contribution in [0.3, 0.4) is 0 Å². The summed E-state index contributed by atoms with van der Waals surface area (Å²) in [5.41, 5.74) is 9.16. The fourth-order valence-electron chi connectivity index (χ4n) is 2.41. The average molecular weight is 324 g/mol. The number of fused-ring (bicyclic) bond motifs is 1. The van der Waals surface area contributed by atoms with E-state index in [0.717, 1.165) is 22.2 Å². The molecule has 0 fully saturated rings. The molecule has 0 unspecified atom stereocenters. The van der Waals surface area contributed by atoms with Crippen LogP contribution in [0, 0.1) is 6.92 Å². The van der Waals surface area contributed by atoms with Gasteiger partial charge >= 0.3 is 0 Å². The molecule has 2 aromatic carbocycles. The maximum absolute atomic E-state index is 11.8. The normalized spacial score (nSPS) is 10.3. The molecule has 5 nitrogen and oxygen atoms in total. The number of anilines is 2. The van der Waals surface area contributed by atoms with Crippen molar-refractivity contribution in [1.82, 2.24) is 10.4 Å². The molecule has 23 heavy (non-hydrogen) atoms. The van der Waals surface area contributed by atoms with E-state index in [0.29, 0.717) is 10.8 Å². The number of rotatable bonds is 3. The Labute approximate surface area is 138 Å². The molecule has 0 saturated heterocycles. The van der Waals surface area contributed by atoms with Gasteiger partial charge in [-0.05, 0) is 42.9 Å². The summed E-state index contributed by atoms with van der Waals surface area (Å²) in [6.45, 7) is 1.99. The summed E-state index contributed by atoms with van der Waals surface area (Å²) in [7, 11) is 0. The van der Waals surface area contributed by atoms with Crippen molar-refractivity contribution in [1.29, 1.82) is 0 Å². The van der Waals surface area contributed by atoms with Gasteiger partial charge in [0, 0.05) is 17.1 Å². The first-order valence-corrected chi connectivity index (χ1v) is 7.55. The molecule has 6 heteroatoms. The van der Waals surface area contributed by atoms with Crippen molar-refractivity contribution < 1.29 is 0 Å². The van der Waals surface area contributed by atoms with Gasteiger partial charge in [0.15, 0.2) is 5.11 Å². The van der Waals surface area contributed by atoms with Crippen molar-refractivity contribution in [3.63, 3.8) is 0 Å². The molecule has 0 amide bonds. The summed E-state index contributed by atoms with van der Waals surface area (Å²) in [5, 5.41) is 4.42. The Morgan fingerprint density at radius 2 is 1.87 bits per heavy atom. The number of hydrogen-bond donors (Lipinski definition) is 4. The van der Waals surface area contributed by atoms with E-state index in [1.165, 1.54) is 6.07 Å². The number of pyridine rings is 1. The van der Waals surface area contributed by atoms with Crippen LogP contribution in [-0.4, -0.2) is 10.1 Å². The summed E-state index contributed by atoms with van der Waals surface area (Å²) in [6.07, 6.45) is 0. The monoisotopic (exact) mass is 324 g/mol. The van der Waals surface area contributed by atoms with Gasteiger partial charge in [0.05, 0.1) is 11.2 Å². The van der Waals surface area contributed by atoms with Crippen LogP contribution in [-0.2, 0) is 0 Å². The zero-order valence-corrected chi connectivity index (χ0v) is 13.3. The maximum Gasteiger partial charge on any atom is 0.250 e. The number of para-hydroxylation sites is 1. The Morgan fingerprint density at radius 3 is 2.65 bits per heavy atom. The van der Waals surface area contributed by atoms with E-state index in [1.54, 1.807) is 0 Å². The lowest BCUT2D eigenvalue weighted by molar-refractivity contribution is 1.13. The van der Waals surface area contributed by atoms with Gasteiger partial charge in [-0.2, -0.15) is 0 Å². The largest absolute Gasteiger partial charge is 0.331 e. The minimum Gasteiger partial charge on any atom is -0.331 e. The smallest absolute Gasteiger partial charge is 0.250 e. The van der Waals surface area contributed by atoms with Gasteiger partial charge < -0.3 is 10.3 Å². The van der Waals surface area contributed by atoms with E-state index in [2.05, 4.69) is 21.2 Å². The van der Waals surface area contributed by atoms with Crippen molar-refractivity contribution in [3.8, 4) is 0 Å². The molecule has 0 aliphatic carbocycles. The fourth-order valence-corrected chi connectivity index (χ4v) is 2.58. The van der Waals surface area contributed by atoms with Gasteiger partial charge in [-0.15, -0.1) is 0 Å². The number of aromatic nitrogens is 1. The third-order valence-electron chi connectivity index (χ3n) is 3.42. The number of nitrogens with one attached hydrogen (secondary N) is 4. The summed E-state index contributed by atoms with van der Waals surface area (Å²) in [5.74, 6) is 0. The highest BCUT2D eigenvalue weighted by molar-refractivity contribution is 7.80. The SMILES string of the molecule is Cc1cccc2[nH]c(=O)cc(NNC(=S)Nc3ccccc3)c12. The van der Waals surface area contributed by atoms with E-state index >= 15 is 0 Å². The number of hydrazine groups is 1. The van der Waals surface area contributed by atoms with Crippen molar-refractivity contribution in [2.45, 2.75) is 6.92 Å². The van der Waals surface area contributed by atoms with Crippen LogP contribution in [0.1, 0.15) is 5.56 Å². The predicted molar refractivity (Wildman–Crippen MR) is 98.7 cm³/mol. The van der Waals surface area contributed by atoms with Crippen LogP contribution in [0.4, 0.5) is 11.4 Å². The molecule has 1 aromatic heterocycles. The van der Waals surface area contributed by atoms with E-state index < -0.39 is 0 Å². The Kier molecular flexibility index (Phi) is 4.25. The Hall–Kier alpha value is -2.86. The lowest BCUT2D eigenvalue weighted by Crippen LogP contribution is -2.33. The van der Waals surface area contributed by atoms with Gasteiger partial charge in [-0.3, -0.25) is 15.6 Å². The fraction of sp³-hybridized carbons (Fsp3) is 0.0588. The zero-order chi connectivity index (χ0) is 16.2. The summed E-state index contributed by atoms with van der Waals surface area (Å²) in [4.78, 5) is 14.6. The third kappa shape index (κ3) is 3.49. The van der Waals surface area contributed by atoms with Crippen LogP contribution in [0.5, 0.6) is 0 Å². The summed E-state index contributed by atoms with van der Waals surface area (Å²) < 4.78 is 0. The van der Waals surface area contributed by atoms with E-state index in [4.69, 9.17) is 12.2 Å². The second kappa shape index (κ2) is 6.50. The second-order valence-electron chi connectivity index (χ2n) is 5.11. The lowest BCUT2D eigenvalue weighted by atomic mass is 10.1. The van der Waals surface area contributed by atoms with E-state index in [1.807, 2.05) is 55.5 Å². The van der Waals surface area contributed by atoms with Gasteiger partial charge in [0.1, 0.15) is 0 Å². The van der Waals surface area contributed by atoms with Crippen molar-refractivity contribution in [3.05, 3.63) is 70.5 Å². The standard InChI is InChI=1S/C17H16N4OS/c1-11-6-5-9-13-16(11)14(10-15(22)19-13)20-21-17(23)18-12-7-3-2-4-8-12/h2-10H,1H3,(H2,18,21,23)(H2,19,20,22). The number of aryl methyl sites for hydroxylation is 1. The molecule has 0 spiro atoms. The van der Waals surface area contributed by atoms with Crippen LogP contribution in [0.2, 0.25) is 0 Å². The predicted octanol–water partition coefficient (Wildman–Crippen LogP) is 3.15. The lowest BCUT2D eigenvalue weighted by Gasteiger charge is -2.14. The first-order valence-electron chi connectivity index (χ1n) is 7.14. The van der Waals surface area contributed by atoms with Crippen molar-refractivity contribution in [2.75, 3.05) is 10.7 Å².